The van der Waals surface area contributed by atoms with Crippen LogP contribution in [0, 0.1) is 0 Å². The van der Waals surface area contributed by atoms with Crippen molar-refractivity contribution in [1.82, 2.24) is 14.3 Å². The molecule has 0 aliphatic heterocycles. The second-order valence-electron chi connectivity index (χ2n) is 7.47. The molecule has 1 amide bonds. The van der Waals surface area contributed by atoms with Crippen LogP contribution in [0.25, 0.3) is 16.6 Å². The molecule has 0 fully saturated rings. The van der Waals surface area contributed by atoms with Gasteiger partial charge in [0.25, 0.3) is 11.5 Å². The SMILES string of the molecule is COc1cccc(Cn2c(=O)c3cccn3c3ccc(C(=O)NCc4ccco4)cc32)c1. The highest BCUT2D eigenvalue weighted by atomic mass is 16.5. The fourth-order valence-electron chi connectivity index (χ4n) is 3.89. The summed E-state index contributed by atoms with van der Waals surface area (Å²) in [5, 5.41) is 2.85. The van der Waals surface area contributed by atoms with E-state index in [0.717, 1.165) is 16.8 Å². The van der Waals surface area contributed by atoms with Crippen molar-refractivity contribution in [3.63, 3.8) is 0 Å². The molecule has 7 heteroatoms. The predicted octanol–water partition coefficient (Wildman–Crippen LogP) is 3.83. The van der Waals surface area contributed by atoms with Gasteiger partial charge >= 0.3 is 0 Å². The Morgan fingerprint density at radius 1 is 1.00 bits per heavy atom. The Bertz CT molecular complexity index is 1480. The molecule has 3 heterocycles. The molecular weight excluding hydrogens is 406 g/mol. The molecule has 0 spiro atoms. The lowest BCUT2D eigenvalue weighted by Crippen LogP contribution is -2.25. The predicted molar refractivity (Wildman–Crippen MR) is 121 cm³/mol. The van der Waals surface area contributed by atoms with Gasteiger partial charge in [0.2, 0.25) is 0 Å². The molecule has 0 saturated carbocycles. The Morgan fingerprint density at radius 3 is 2.72 bits per heavy atom. The maximum Gasteiger partial charge on any atom is 0.275 e. The largest absolute Gasteiger partial charge is 0.497 e. The third-order valence-corrected chi connectivity index (χ3v) is 5.48. The van der Waals surface area contributed by atoms with Crippen LogP contribution in [0.5, 0.6) is 5.75 Å². The van der Waals surface area contributed by atoms with Crippen LogP contribution in [-0.4, -0.2) is 22.0 Å². The van der Waals surface area contributed by atoms with E-state index < -0.39 is 0 Å². The Kier molecular flexibility index (Phi) is 4.99. The fourth-order valence-corrected chi connectivity index (χ4v) is 3.89. The second-order valence-corrected chi connectivity index (χ2v) is 7.47. The maximum atomic E-state index is 13.3. The molecule has 0 bridgehead atoms. The first-order valence-corrected chi connectivity index (χ1v) is 10.2. The van der Waals surface area contributed by atoms with E-state index in [4.69, 9.17) is 9.15 Å². The third kappa shape index (κ3) is 3.54. The lowest BCUT2D eigenvalue weighted by molar-refractivity contribution is 0.0948. The zero-order chi connectivity index (χ0) is 22.1. The van der Waals surface area contributed by atoms with E-state index >= 15 is 0 Å². The van der Waals surface area contributed by atoms with Crippen molar-refractivity contribution in [1.29, 1.82) is 0 Å². The Morgan fingerprint density at radius 2 is 1.91 bits per heavy atom. The van der Waals surface area contributed by atoms with E-state index in [1.54, 1.807) is 48.3 Å². The summed E-state index contributed by atoms with van der Waals surface area (Å²) in [6.07, 6.45) is 3.42. The molecule has 2 aromatic carbocycles. The van der Waals surface area contributed by atoms with Gasteiger partial charge in [0.05, 0.1) is 37.5 Å². The van der Waals surface area contributed by atoms with Crippen LogP contribution in [-0.2, 0) is 13.1 Å². The first-order chi connectivity index (χ1) is 15.6. The van der Waals surface area contributed by atoms with Gasteiger partial charge in [-0.3, -0.25) is 9.59 Å². The number of rotatable bonds is 6. The molecule has 0 aliphatic carbocycles. The standard InChI is InChI=1S/C25H21N3O4/c1-31-19-6-2-5-17(13-19)16-28-23-14-18(24(29)26-15-20-7-4-12-32-20)9-10-21(23)27-11-3-8-22(27)25(28)30/h2-14H,15-16H2,1H3,(H,26,29). The molecule has 32 heavy (non-hydrogen) atoms. The van der Waals surface area contributed by atoms with E-state index in [0.29, 0.717) is 28.9 Å². The van der Waals surface area contributed by atoms with Crippen molar-refractivity contribution in [2.24, 2.45) is 0 Å². The topological polar surface area (TPSA) is 77.9 Å². The average molecular weight is 427 g/mol. The molecule has 0 radical (unpaired) electrons. The number of aromatic nitrogens is 2. The number of amides is 1. The summed E-state index contributed by atoms with van der Waals surface area (Å²) >= 11 is 0. The Balaban J connectivity index is 1.59. The lowest BCUT2D eigenvalue weighted by Gasteiger charge is -2.14. The summed E-state index contributed by atoms with van der Waals surface area (Å²) in [7, 11) is 1.61. The van der Waals surface area contributed by atoms with E-state index in [-0.39, 0.29) is 18.0 Å². The summed E-state index contributed by atoms with van der Waals surface area (Å²) in [6, 6.07) is 20.2. The van der Waals surface area contributed by atoms with Crippen LogP contribution in [0.2, 0.25) is 0 Å². The second kappa shape index (κ2) is 8.11. The minimum absolute atomic E-state index is 0.126. The normalized spacial score (nSPS) is 11.2. The average Bonchev–Trinajstić information content (AvgIpc) is 3.52. The van der Waals surface area contributed by atoms with Crippen molar-refractivity contribution in [3.8, 4) is 5.75 Å². The lowest BCUT2D eigenvalue weighted by atomic mass is 10.1. The number of fused-ring (bicyclic) bond motifs is 3. The molecule has 0 unspecified atom stereocenters. The number of methoxy groups -OCH3 is 1. The molecule has 5 rings (SSSR count). The highest BCUT2D eigenvalue weighted by molar-refractivity contribution is 5.97. The summed E-state index contributed by atoms with van der Waals surface area (Å²) in [4.78, 5) is 26.1. The summed E-state index contributed by atoms with van der Waals surface area (Å²) in [5.74, 6) is 1.15. The van der Waals surface area contributed by atoms with E-state index in [9.17, 15) is 9.59 Å². The van der Waals surface area contributed by atoms with Gasteiger partial charge < -0.3 is 23.4 Å². The van der Waals surface area contributed by atoms with Crippen LogP contribution in [0.3, 0.4) is 0 Å². The Labute approximate surface area is 183 Å². The van der Waals surface area contributed by atoms with Gasteiger partial charge in [-0.15, -0.1) is 0 Å². The molecule has 1 N–H and O–H groups in total. The zero-order valence-electron chi connectivity index (χ0n) is 17.4. The minimum atomic E-state index is -0.240. The number of hydrogen-bond acceptors (Lipinski definition) is 4. The molecular formula is C25H21N3O4. The van der Waals surface area contributed by atoms with Crippen LogP contribution < -0.4 is 15.6 Å². The number of furan rings is 1. The fraction of sp³-hybridized carbons (Fsp3) is 0.120. The molecule has 0 atom stereocenters. The number of ether oxygens (including phenoxy) is 1. The highest BCUT2D eigenvalue weighted by Crippen LogP contribution is 2.20. The molecule has 160 valence electrons. The van der Waals surface area contributed by atoms with Crippen LogP contribution in [0.15, 0.2) is 88.4 Å². The number of carbonyl (C=O) groups excluding carboxylic acids is 1. The van der Waals surface area contributed by atoms with Crippen molar-refractivity contribution in [2.75, 3.05) is 7.11 Å². The third-order valence-electron chi connectivity index (χ3n) is 5.48. The van der Waals surface area contributed by atoms with Crippen molar-refractivity contribution >= 4 is 22.5 Å². The summed E-state index contributed by atoms with van der Waals surface area (Å²) in [6.45, 7) is 0.642. The maximum absolute atomic E-state index is 13.3. The molecule has 0 saturated heterocycles. The zero-order valence-corrected chi connectivity index (χ0v) is 17.4. The van der Waals surface area contributed by atoms with E-state index in [1.165, 1.54) is 0 Å². The number of benzene rings is 2. The van der Waals surface area contributed by atoms with Crippen LogP contribution in [0.4, 0.5) is 0 Å². The van der Waals surface area contributed by atoms with Gasteiger partial charge in [-0.1, -0.05) is 12.1 Å². The summed E-state index contributed by atoms with van der Waals surface area (Å²) in [5.41, 5.74) is 3.36. The first-order valence-electron chi connectivity index (χ1n) is 10.2. The van der Waals surface area contributed by atoms with Gasteiger partial charge in [0.15, 0.2) is 0 Å². The van der Waals surface area contributed by atoms with Gasteiger partial charge in [0.1, 0.15) is 17.0 Å². The van der Waals surface area contributed by atoms with Gasteiger partial charge in [-0.05, 0) is 60.2 Å². The van der Waals surface area contributed by atoms with E-state index in [1.807, 2.05) is 47.0 Å². The molecule has 3 aromatic heterocycles. The number of carbonyl (C=O) groups is 1. The first kappa shape index (κ1) is 19.7. The molecule has 5 aromatic rings. The van der Waals surface area contributed by atoms with Crippen molar-refractivity contribution in [2.45, 2.75) is 13.1 Å². The van der Waals surface area contributed by atoms with Gasteiger partial charge in [-0.2, -0.15) is 0 Å². The van der Waals surface area contributed by atoms with Crippen molar-refractivity contribution < 1.29 is 13.9 Å². The number of nitrogens with one attached hydrogen (secondary N) is 1. The minimum Gasteiger partial charge on any atom is -0.497 e. The van der Waals surface area contributed by atoms with Crippen LogP contribution >= 0.6 is 0 Å². The summed E-state index contributed by atoms with van der Waals surface area (Å²) < 4.78 is 14.1. The monoisotopic (exact) mass is 427 g/mol. The van der Waals surface area contributed by atoms with E-state index in [2.05, 4.69) is 5.32 Å². The number of hydrogen-bond donors (Lipinski definition) is 1. The smallest absolute Gasteiger partial charge is 0.275 e. The van der Waals surface area contributed by atoms with Gasteiger partial charge in [0, 0.05) is 11.8 Å². The van der Waals surface area contributed by atoms with Crippen LogP contribution in [0.1, 0.15) is 21.7 Å². The molecule has 7 nitrogen and oxygen atoms in total. The quantitative estimate of drug-likeness (QED) is 0.447. The Hall–Kier alpha value is -4.26. The highest BCUT2D eigenvalue weighted by Gasteiger charge is 2.14. The van der Waals surface area contributed by atoms with Crippen molar-refractivity contribution in [3.05, 3.63) is 106 Å². The molecule has 0 aliphatic rings. The number of nitrogens with zero attached hydrogens (tertiary/aromatic N) is 2. The van der Waals surface area contributed by atoms with Gasteiger partial charge in [-0.25, -0.2) is 0 Å².